The fraction of sp³-hybridized carbons (Fsp3) is 0.385. The lowest BCUT2D eigenvalue weighted by atomic mass is 10.1. The van der Waals surface area contributed by atoms with Gasteiger partial charge >= 0.3 is 0 Å². The van der Waals surface area contributed by atoms with Crippen LogP contribution >= 0.6 is 0 Å². The molecular formula is C13H18. The number of aryl methyl sites for hydroxylation is 1. The molecular weight excluding hydrogens is 156 g/mol. The topological polar surface area (TPSA) is 0 Å². The van der Waals surface area contributed by atoms with Gasteiger partial charge in [-0.05, 0) is 31.0 Å². The molecule has 0 spiro atoms. The third-order valence-electron chi connectivity index (χ3n) is 1.63. The number of rotatable bonds is 1. The molecule has 0 aliphatic rings. The van der Waals surface area contributed by atoms with Crippen LogP contribution in [0.4, 0.5) is 0 Å². The van der Waals surface area contributed by atoms with Crippen molar-refractivity contribution in [3.63, 3.8) is 0 Å². The van der Waals surface area contributed by atoms with E-state index in [2.05, 4.69) is 43.0 Å². The van der Waals surface area contributed by atoms with Crippen LogP contribution in [0, 0.1) is 11.8 Å². The molecule has 0 heterocycles. The average molecular weight is 174 g/mol. The largest absolute Gasteiger partial charge is 0.101 e. The van der Waals surface area contributed by atoms with Gasteiger partial charge in [-0.2, -0.15) is 0 Å². The minimum atomic E-state index is 1.10. The second-order valence-electron chi connectivity index (χ2n) is 2.43. The molecule has 0 saturated carbocycles. The lowest BCUT2D eigenvalue weighted by Crippen LogP contribution is -1.79. The van der Waals surface area contributed by atoms with Gasteiger partial charge in [0.2, 0.25) is 0 Å². The Hall–Kier alpha value is -1.22. The first-order valence-corrected chi connectivity index (χ1v) is 4.88. The zero-order chi connectivity index (χ0) is 10.1. The smallest absolute Gasteiger partial charge is 0.0245 e. The van der Waals surface area contributed by atoms with Crippen LogP contribution in [0.3, 0.4) is 0 Å². The van der Waals surface area contributed by atoms with Gasteiger partial charge < -0.3 is 0 Å². The third-order valence-corrected chi connectivity index (χ3v) is 1.63. The van der Waals surface area contributed by atoms with Gasteiger partial charge in [0.15, 0.2) is 0 Å². The van der Waals surface area contributed by atoms with E-state index in [1.807, 2.05) is 20.8 Å². The zero-order valence-corrected chi connectivity index (χ0v) is 9.02. The van der Waals surface area contributed by atoms with Crippen molar-refractivity contribution in [2.45, 2.75) is 34.1 Å². The number of benzene rings is 1. The second-order valence-corrected chi connectivity index (χ2v) is 2.43. The summed E-state index contributed by atoms with van der Waals surface area (Å²) in [6.45, 7) is 8.01. The van der Waals surface area contributed by atoms with E-state index in [0.29, 0.717) is 0 Å². The van der Waals surface area contributed by atoms with Crippen LogP contribution in [0.25, 0.3) is 0 Å². The molecule has 0 amide bonds. The van der Waals surface area contributed by atoms with E-state index in [0.717, 1.165) is 12.0 Å². The molecule has 0 aliphatic carbocycles. The Balaban J connectivity index is 0.000000671. The van der Waals surface area contributed by atoms with Gasteiger partial charge in [0.05, 0.1) is 0 Å². The van der Waals surface area contributed by atoms with E-state index in [1.54, 1.807) is 0 Å². The van der Waals surface area contributed by atoms with Gasteiger partial charge in [-0.3, -0.25) is 0 Å². The first-order chi connectivity index (χ1) is 6.36. The average Bonchev–Trinajstić information content (AvgIpc) is 2.23. The van der Waals surface area contributed by atoms with Crippen LogP contribution in [0.2, 0.25) is 0 Å². The van der Waals surface area contributed by atoms with Crippen molar-refractivity contribution in [3.8, 4) is 11.8 Å². The van der Waals surface area contributed by atoms with Crippen molar-refractivity contribution in [1.82, 2.24) is 0 Å². The monoisotopic (exact) mass is 174 g/mol. The Labute approximate surface area is 82.0 Å². The van der Waals surface area contributed by atoms with E-state index < -0.39 is 0 Å². The zero-order valence-electron chi connectivity index (χ0n) is 9.02. The maximum Gasteiger partial charge on any atom is 0.0245 e. The Morgan fingerprint density at radius 2 is 1.62 bits per heavy atom. The maximum absolute atomic E-state index is 3.01. The minimum absolute atomic E-state index is 1.10. The van der Waals surface area contributed by atoms with E-state index in [4.69, 9.17) is 0 Å². The van der Waals surface area contributed by atoms with Crippen LogP contribution < -0.4 is 0 Å². The Kier molecular flexibility index (Phi) is 6.73. The molecule has 0 radical (unpaired) electrons. The lowest BCUT2D eigenvalue weighted by Gasteiger charge is -1.94. The van der Waals surface area contributed by atoms with Gasteiger partial charge in [0.25, 0.3) is 0 Å². The Bertz CT molecular complexity index is 269. The molecule has 0 N–H and O–H groups in total. The first kappa shape index (κ1) is 11.8. The summed E-state index contributed by atoms with van der Waals surface area (Å²) in [5.74, 6) is 5.88. The molecule has 1 rings (SSSR count). The molecule has 0 bridgehead atoms. The molecule has 0 unspecified atom stereocenters. The summed E-state index contributed by atoms with van der Waals surface area (Å²) in [5.41, 5.74) is 2.47. The number of hydrogen-bond donors (Lipinski definition) is 0. The van der Waals surface area contributed by atoms with Crippen LogP contribution in [-0.4, -0.2) is 0 Å². The standard InChI is InChI=1S/C11H12.C2H6/c1-3-5-11-8-6-10(4-2)7-9-11;1-2/h6-9H,4H2,1-2H3;1-2H3. The molecule has 0 fully saturated rings. The summed E-state index contributed by atoms with van der Waals surface area (Å²) >= 11 is 0. The molecule has 0 aliphatic heterocycles. The van der Waals surface area contributed by atoms with Crippen LogP contribution in [0.1, 0.15) is 38.8 Å². The predicted octanol–water partition coefficient (Wildman–Crippen LogP) is 3.65. The van der Waals surface area contributed by atoms with Crippen molar-refractivity contribution in [2.24, 2.45) is 0 Å². The lowest BCUT2D eigenvalue weighted by molar-refractivity contribution is 1.14. The highest BCUT2D eigenvalue weighted by Gasteiger charge is 1.87. The van der Waals surface area contributed by atoms with Crippen molar-refractivity contribution in [3.05, 3.63) is 35.4 Å². The summed E-state index contributed by atoms with van der Waals surface area (Å²) < 4.78 is 0. The summed E-state index contributed by atoms with van der Waals surface area (Å²) in [4.78, 5) is 0. The van der Waals surface area contributed by atoms with Crippen molar-refractivity contribution >= 4 is 0 Å². The van der Waals surface area contributed by atoms with Gasteiger partial charge in [0, 0.05) is 5.56 Å². The molecule has 0 aromatic heterocycles. The molecule has 70 valence electrons. The summed E-state index contributed by atoms with van der Waals surface area (Å²) in [5, 5.41) is 0. The Morgan fingerprint density at radius 3 is 2.00 bits per heavy atom. The molecule has 13 heavy (non-hydrogen) atoms. The molecule has 0 atom stereocenters. The van der Waals surface area contributed by atoms with E-state index >= 15 is 0 Å². The third kappa shape index (κ3) is 4.38. The Morgan fingerprint density at radius 1 is 1.08 bits per heavy atom. The van der Waals surface area contributed by atoms with E-state index in [1.165, 1.54) is 5.56 Å². The van der Waals surface area contributed by atoms with Crippen molar-refractivity contribution in [1.29, 1.82) is 0 Å². The highest BCUT2D eigenvalue weighted by atomic mass is 13.9. The highest BCUT2D eigenvalue weighted by Crippen LogP contribution is 2.03. The second kappa shape index (κ2) is 7.43. The molecule has 1 aromatic rings. The molecule has 0 saturated heterocycles. The number of hydrogen-bond acceptors (Lipinski definition) is 0. The summed E-state index contributed by atoms with van der Waals surface area (Å²) in [7, 11) is 0. The highest BCUT2D eigenvalue weighted by molar-refractivity contribution is 5.35. The van der Waals surface area contributed by atoms with Gasteiger partial charge in [-0.1, -0.05) is 38.8 Å². The summed E-state index contributed by atoms with van der Waals surface area (Å²) in [6.07, 6.45) is 1.10. The van der Waals surface area contributed by atoms with Gasteiger partial charge in [-0.15, -0.1) is 5.92 Å². The van der Waals surface area contributed by atoms with E-state index in [-0.39, 0.29) is 0 Å². The molecule has 1 aromatic carbocycles. The minimum Gasteiger partial charge on any atom is -0.101 e. The SMILES string of the molecule is CC.CC#Cc1ccc(CC)cc1. The molecule has 0 heteroatoms. The van der Waals surface area contributed by atoms with Crippen LogP contribution in [0.5, 0.6) is 0 Å². The first-order valence-electron chi connectivity index (χ1n) is 4.88. The van der Waals surface area contributed by atoms with Gasteiger partial charge in [-0.25, -0.2) is 0 Å². The fourth-order valence-electron chi connectivity index (χ4n) is 0.968. The van der Waals surface area contributed by atoms with Crippen LogP contribution in [-0.2, 0) is 6.42 Å². The van der Waals surface area contributed by atoms with Crippen LogP contribution in [0.15, 0.2) is 24.3 Å². The quantitative estimate of drug-likeness (QED) is 0.570. The van der Waals surface area contributed by atoms with Gasteiger partial charge in [0.1, 0.15) is 0 Å². The van der Waals surface area contributed by atoms with E-state index in [9.17, 15) is 0 Å². The maximum atomic E-state index is 3.01. The normalized spacial score (nSPS) is 7.69. The van der Waals surface area contributed by atoms with Crippen molar-refractivity contribution in [2.75, 3.05) is 0 Å². The predicted molar refractivity (Wildman–Crippen MR) is 59.7 cm³/mol. The van der Waals surface area contributed by atoms with Crippen molar-refractivity contribution < 1.29 is 0 Å². The fourth-order valence-corrected chi connectivity index (χ4v) is 0.968. The summed E-state index contributed by atoms with van der Waals surface area (Å²) in [6, 6.07) is 8.38. The molecule has 0 nitrogen and oxygen atoms in total.